The Balaban J connectivity index is 1.57. The Morgan fingerprint density at radius 1 is 0.714 bits per heavy atom. The molecule has 4 aromatic rings. The fraction of sp³-hybridized carbons (Fsp3) is 0.103. The van der Waals surface area contributed by atoms with Gasteiger partial charge in [-0.3, -0.25) is 10.1 Å². The van der Waals surface area contributed by atoms with Crippen LogP contribution in [0.1, 0.15) is 22.3 Å². The lowest BCUT2D eigenvalue weighted by Gasteiger charge is -2.12. The highest BCUT2D eigenvalue weighted by atomic mass is 16.6. The summed E-state index contributed by atoms with van der Waals surface area (Å²) >= 11 is 0. The van der Waals surface area contributed by atoms with Crippen LogP contribution in [0, 0.1) is 10.1 Å². The molecular formula is C29H25NO5. The molecule has 0 aliphatic carbocycles. The summed E-state index contributed by atoms with van der Waals surface area (Å²) in [6.07, 6.45) is 3.68. The molecule has 0 N–H and O–H groups in total. The zero-order valence-corrected chi connectivity index (χ0v) is 19.3. The van der Waals surface area contributed by atoms with Crippen LogP contribution in [0.15, 0.2) is 97.1 Å². The predicted octanol–water partition coefficient (Wildman–Crippen LogP) is 6.93. The maximum Gasteiger partial charge on any atom is 0.311 e. The first-order chi connectivity index (χ1) is 17.1. The van der Waals surface area contributed by atoms with Gasteiger partial charge in [0.05, 0.1) is 12.0 Å². The van der Waals surface area contributed by atoms with Gasteiger partial charge in [0.15, 0.2) is 5.75 Å². The molecule has 0 saturated heterocycles. The zero-order valence-electron chi connectivity index (χ0n) is 19.3. The average Bonchev–Trinajstić information content (AvgIpc) is 2.90. The fourth-order valence-electron chi connectivity index (χ4n) is 3.48. The van der Waals surface area contributed by atoms with Crippen LogP contribution in [-0.4, -0.2) is 12.0 Å². The molecule has 0 amide bonds. The third-order valence-corrected chi connectivity index (χ3v) is 5.27. The quantitative estimate of drug-likeness (QED) is 0.144. The molecule has 0 saturated carbocycles. The molecule has 0 aliphatic heterocycles. The van der Waals surface area contributed by atoms with Gasteiger partial charge in [-0.15, -0.1) is 0 Å². The number of hydrogen-bond acceptors (Lipinski definition) is 5. The monoisotopic (exact) mass is 467 g/mol. The number of methoxy groups -OCH3 is 1. The Hall–Kier alpha value is -4.58. The molecule has 0 aliphatic rings. The average molecular weight is 468 g/mol. The first-order valence-electron chi connectivity index (χ1n) is 11.1. The fourth-order valence-corrected chi connectivity index (χ4v) is 3.48. The van der Waals surface area contributed by atoms with E-state index in [0.29, 0.717) is 30.3 Å². The Morgan fingerprint density at radius 2 is 1.26 bits per heavy atom. The topological polar surface area (TPSA) is 70.8 Å². The van der Waals surface area contributed by atoms with Crippen molar-refractivity contribution in [1.29, 1.82) is 0 Å². The number of rotatable bonds is 10. The second kappa shape index (κ2) is 11.5. The van der Waals surface area contributed by atoms with E-state index in [1.807, 2.05) is 91.0 Å². The number of benzene rings is 4. The first-order valence-corrected chi connectivity index (χ1v) is 11.1. The van der Waals surface area contributed by atoms with Crippen LogP contribution in [0.25, 0.3) is 12.2 Å². The van der Waals surface area contributed by atoms with Crippen LogP contribution in [0.4, 0.5) is 5.69 Å². The van der Waals surface area contributed by atoms with Gasteiger partial charge in [-0.05, 0) is 40.5 Å². The van der Waals surface area contributed by atoms with E-state index in [9.17, 15) is 10.1 Å². The molecule has 0 bridgehead atoms. The van der Waals surface area contributed by atoms with Gasteiger partial charge in [0.25, 0.3) is 0 Å². The molecule has 6 nitrogen and oxygen atoms in total. The summed E-state index contributed by atoms with van der Waals surface area (Å²) in [5.74, 6) is 1.56. The SMILES string of the molecule is COc1ccc(/C=C/c2cc(OCc3ccccc3)cc(OCc3ccccc3)c2)cc1[N+](=O)[O-]. The summed E-state index contributed by atoms with van der Waals surface area (Å²) in [4.78, 5) is 10.9. The summed E-state index contributed by atoms with van der Waals surface area (Å²) in [5.41, 5.74) is 3.56. The molecule has 0 fully saturated rings. The third kappa shape index (κ3) is 6.71. The smallest absolute Gasteiger partial charge is 0.311 e. The van der Waals surface area contributed by atoms with Gasteiger partial charge in [-0.25, -0.2) is 0 Å². The Labute approximate surface area is 204 Å². The minimum atomic E-state index is -0.455. The minimum Gasteiger partial charge on any atom is -0.490 e. The lowest BCUT2D eigenvalue weighted by atomic mass is 10.1. The summed E-state index contributed by atoms with van der Waals surface area (Å²) in [5, 5.41) is 11.3. The van der Waals surface area contributed by atoms with E-state index in [4.69, 9.17) is 14.2 Å². The summed E-state index contributed by atoms with van der Waals surface area (Å²) < 4.78 is 17.2. The van der Waals surface area contributed by atoms with Crippen LogP contribution >= 0.6 is 0 Å². The van der Waals surface area contributed by atoms with Crippen molar-refractivity contribution in [3.8, 4) is 17.2 Å². The molecule has 176 valence electrons. The van der Waals surface area contributed by atoms with E-state index in [2.05, 4.69) is 0 Å². The number of hydrogen-bond donors (Lipinski definition) is 0. The maximum absolute atomic E-state index is 11.3. The standard InChI is InChI=1S/C29H25NO5/c1-33-29-15-14-22(18-28(29)30(31)32)12-13-25-16-26(34-20-23-8-4-2-5-9-23)19-27(17-25)35-21-24-10-6-3-7-11-24/h2-19H,20-21H2,1H3/b13-12+. The van der Waals surface area contributed by atoms with E-state index >= 15 is 0 Å². The lowest BCUT2D eigenvalue weighted by Crippen LogP contribution is -1.98. The Kier molecular flexibility index (Phi) is 7.76. The largest absolute Gasteiger partial charge is 0.490 e. The highest BCUT2D eigenvalue weighted by Crippen LogP contribution is 2.29. The zero-order chi connectivity index (χ0) is 24.5. The third-order valence-electron chi connectivity index (χ3n) is 5.27. The normalized spacial score (nSPS) is 10.8. The van der Waals surface area contributed by atoms with Crippen LogP contribution in [0.2, 0.25) is 0 Å². The highest BCUT2D eigenvalue weighted by Gasteiger charge is 2.14. The van der Waals surface area contributed by atoms with Crippen molar-refractivity contribution in [2.45, 2.75) is 13.2 Å². The number of nitro benzene ring substituents is 1. The van der Waals surface area contributed by atoms with Gasteiger partial charge in [0.1, 0.15) is 24.7 Å². The number of nitro groups is 1. The summed E-state index contributed by atoms with van der Waals surface area (Å²) in [7, 11) is 1.41. The molecular weight excluding hydrogens is 442 g/mol. The van der Waals surface area contributed by atoms with Gasteiger partial charge in [0.2, 0.25) is 0 Å². The second-order valence-electron chi connectivity index (χ2n) is 7.81. The molecule has 4 aromatic carbocycles. The molecule has 0 radical (unpaired) electrons. The predicted molar refractivity (Wildman–Crippen MR) is 137 cm³/mol. The van der Waals surface area contributed by atoms with Gasteiger partial charge in [-0.1, -0.05) is 78.9 Å². The highest BCUT2D eigenvalue weighted by molar-refractivity contribution is 5.72. The van der Waals surface area contributed by atoms with Gasteiger partial charge in [-0.2, -0.15) is 0 Å². The van der Waals surface area contributed by atoms with Crippen molar-refractivity contribution >= 4 is 17.8 Å². The van der Waals surface area contributed by atoms with Crippen molar-refractivity contribution in [1.82, 2.24) is 0 Å². The van der Waals surface area contributed by atoms with E-state index in [1.165, 1.54) is 13.2 Å². The van der Waals surface area contributed by atoms with Crippen molar-refractivity contribution in [2.75, 3.05) is 7.11 Å². The van der Waals surface area contributed by atoms with Crippen LogP contribution in [0.5, 0.6) is 17.2 Å². The molecule has 4 rings (SSSR count). The van der Waals surface area contributed by atoms with Gasteiger partial charge >= 0.3 is 5.69 Å². The van der Waals surface area contributed by atoms with E-state index in [0.717, 1.165) is 16.7 Å². The molecule has 0 heterocycles. The molecule has 35 heavy (non-hydrogen) atoms. The van der Waals surface area contributed by atoms with Crippen LogP contribution < -0.4 is 14.2 Å². The van der Waals surface area contributed by atoms with Crippen molar-refractivity contribution in [3.05, 3.63) is 129 Å². The summed E-state index contributed by atoms with van der Waals surface area (Å²) in [6, 6.07) is 30.4. The minimum absolute atomic E-state index is 0.0820. The molecule has 0 aromatic heterocycles. The number of nitrogens with zero attached hydrogens (tertiary/aromatic N) is 1. The van der Waals surface area contributed by atoms with Crippen molar-refractivity contribution < 1.29 is 19.1 Å². The molecule has 0 unspecified atom stereocenters. The van der Waals surface area contributed by atoms with Gasteiger partial charge < -0.3 is 14.2 Å². The molecule has 6 heteroatoms. The van der Waals surface area contributed by atoms with Crippen molar-refractivity contribution in [3.63, 3.8) is 0 Å². The Bertz CT molecular complexity index is 1240. The molecule has 0 spiro atoms. The van der Waals surface area contributed by atoms with E-state index in [-0.39, 0.29) is 11.4 Å². The Morgan fingerprint density at radius 3 is 1.77 bits per heavy atom. The van der Waals surface area contributed by atoms with Crippen molar-refractivity contribution in [2.24, 2.45) is 0 Å². The van der Waals surface area contributed by atoms with Gasteiger partial charge in [0, 0.05) is 12.1 Å². The molecule has 0 atom stereocenters. The van der Waals surface area contributed by atoms with Crippen LogP contribution in [0.3, 0.4) is 0 Å². The maximum atomic E-state index is 11.3. The van der Waals surface area contributed by atoms with E-state index < -0.39 is 4.92 Å². The summed E-state index contributed by atoms with van der Waals surface area (Å²) in [6.45, 7) is 0.855. The lowest BCUT2D eigenvalue weighted by molar-refractivity contribution is -0.385. The van der Waals surface area contributed by atoms with E-state index in [1.54, 1.807) is 12.1 Å². The first kappa shape index (κ1) is 23.6. The van der Waals surface area contributed by atoms with Crippen LogP contribution in [-0.2, 0) is 13.2 Å². The number of ether oxygens (including phenoxy) is 3. The second-order valence-corrected chi connectivity index (χ2v) is 7.81.